The number of rotatable bonds is 5. The molecule has 0 heterocycles. The lowest BCUT2D eigenvalue weighted by Crippen LogP contribution is -2.09. The Bertz CT molecular complexity index is 358. The Morgan fingerprint density at radius 1 is 1.18 bits per heavy atom. The average Bonchev–Trinajstić information content (AvgIpc) is 2.22. The van der Waals surface area contributed by atoms with Crippen LogP contribution in [0.3, 0.4) is 0 Å². The van der Waals surface area contributed by atoms with Crippen LogP contribution >= 0.6 is 0 Å². The van der Waals surface area contributed by atoms with Gasteiger partial charge in [0.1, 0.15) is 5.82 Å². The van der Waals surface area contributed by atoms with Crippen molar-refractivity contribution >= 4 is 0 Å². The molecule has 17 heavy (non-hydrogen) atoms. The van der Waals surface area contributed by atoms with Crippen molar-refractivity contribution in [3.05, 3.63) is 35.1 Å². The van der Waals surface area contributed by atoms with Crippen LogP contribution in [-0.2, 0) is 17.9 Å². The van der Waals surface area contributed by atoms with Crippen molar-refractivity contribution in [2.75, 3.05) is 6.61 Å². The Hall–Kier alpha value is -0.930. The highest BCUT2D eigenvalue weighted by molar-refractivity contribution is 5.24. The van der Waals surface area contributed by atoms with Gasteiger partial charge in [-0.25, -0.2) is 4.39 Å². The van der Waals surface area contributed by atoms with E-state index in [2.05, 4.69) is 20.8 Å². The zero-order valence-electron chi connectivity index (χ0n) is 10.9. The van der Waals surface area contributed by atoms with Gasteiger partial charge in [-0.2, -0.15) is 0 Å². The lowest BCUT2D eigenvalue weighted by atomic mass is 9.93. The Morgan fingerprint density at radius 3 is 2.41 bits per heavy atom. The van der Waals surface area contributed by atoms with E-state index in [1.165, 1.54) is 12.1 Å². The molecule has 0 radical (unpaired) electrons. The third kappa shape index (κ3) is 5.80. The highest BCUT2D eigenvalue weighted by Crippen LogP contribution is 2.18. The van der Waals surface area contributed by atoms with Gasteiger partial charge in [0.05, 0.1) is 6.61 Å². The van der Waals surface area contributed by atoms with Gasteiger partial charge in [0.15, 0.2) is 0 Å². The summed E-state index contributed by atoms with van der Waals surface area (Å²) in [4.78, 5) is 0. The van der Waals surface area contributed by atoms with Crippen LogP contribution in [0.25, 0.3) is 0 Å². The first-order valence-corrected chi connectivity index (χ1v) is 5.97. The summed E-state index contributed by atoms with van der Waals surface area (Å²) >= 11 is 0. The molecule has 0 unspecified atom stereocenters. The first-order valence-electron chi connectivity index (χ1n) is 5.97. The van der Waals surface area contributed by atoms with Gasteiger partial charge in [0, 0.05) is 13.2 Å². The summed E-state index contributed by atoms with van der Waals surface area (Å²) in [6.07, 6.45) is 0.992. The van der Waals surface area contributed by atoms with Crippen LogP contribution in [0.15, 0.2) is 18.2 Å². The second kappa shape index (κ2) is 6.12. The van der Waals surface area contributed by atoms with Gasteiger partial charge in [-0.1, -0.05) is 26.8 Å². The van der Waals surface area contributed by atoms with Crippen LogP contribution in [0.1, 0.15) is 38.3 Å². The van der Waals surface area contributed by atoms with E-state index in [1.54, 1.807) is 0 Å². The fourth-order valence-corrected chi connectivity index (χ4v) is 1.49. The molecule has 1 rings (SSSR count). The molecule has 0 fully saturated rings. The van der Waals surface area contributed by atoms with Crippen LogP contribution in [0.4, 0.5) is 4.39 Å². The Kier molecular flexibility index (Phi) is 5.09. The SMILES string of the molecule is CC(C)(C)CCOCc1cc(F)cc(CN)c1. The molecule has 1 aromatic rings. The normalized spacial score (nSPS) is 11.8. The molecule has 2 nitrogen and oxygen atoms in total. The van der Waals surface area contributed by atoms with Gasteiger partial charge in [-0.05, 0) is 35.1 Å². The van der Waals surface area contributed by atoms with E-state index in [-0.39, 0.29) is 11.2 Å². The number of nitrogens with two attached hydrogens (primary N) is 1. The van der Waals surface area contributed by atoms with Crippen LogP contribution in [0.2, 0.25) is 0 Å². The lowest BCUT2D eigenvalue weighted by Gasteiger charge is -2.17. The summed E-state index contributed by atoms with van der Waals surface area (Å²) in [5, 5.41) is 0. The van der Waals surface area contributed by atoms with E-state index in [4.69, 9.17) is 10.5 Å². The minimum Gasteiger partial charge on any atom is -0.377 e. The van der Waals surface area contributed by atoms with E-state index in [0.717, 1.165) is 17.5 Å². The first kappa shape index (κ1) is 14.1. The minimum atomic E-state index is -0.248. The van der Waals surface area contributed by atoms with Crippen molar-refractivity contribution < 1.29 is 9.13 Å². The standard InChI is InChI=1S/C14H22FNO/c1-14(2,3)4-5-17-10-12-6-11(9-16)7-13(15)8-12/h6-8H,4-5,9-10,16H2,1-3H3. The van der Waals surface area contributed by atoms with E-state index in [9.17, 15) is 4.39 Å². The topological polar surface area (TPSA) is 35.2 Å². The Morgan fingerprint density at radius 2 is 1.82 bits per heavy atom. The maximum Gasteiger partial charge on any atom is 0.123 e. The van der Waals surface area contributed by atoms with Crippen molar-refractivity contribution in [1.29, 1.82) is 0 Å². The van der Waals surface area contributed by atoms with Crippen LogP contribution in [0.5, 0.6) is 0 Å². The second-order valence-electron chi connectivity index (χ2n) is 5.54. The Labute approximate surface area is 103 Å². The lowest BCUT2D eigenvalue weighted by molar-refractivity contribution is 0.0960. The van der Waals surface area contributed by atoms with Crippen molar-refractivity contribution in [2.45, 2.75) is 40.3 Å². The van der Waals surface area contributed by atoms with Crippen molar-refractivity contribution in [2.24, 2.45) is 11.1 Å². The summed E-state index contributed by atoms with van der Waals surface area (Å²) in [5.41, 5.74) is 7.41. The average molecular weight is 239 g/mol. The fourth-order valence-electron chi connectivity index (χ4n) is 1.49. The number of hydrogen-bond donors (Lipinski definition) is 1. The summed E-state index contributed by atoms with van der Waals surface area (Å²) in [7, 11) is 0. The van der Waals surface area contributed by atoms with Crippen molar-refractivity contribution in [1.82, 2.24) is 0 Å². The molecule has 0 aliphatic heterocycles. The summed E-state index contributed by atoms with van der Waals surface area (Å²) in [6, 6.07) is 4.84. The van der Waals surface area contributed by atoms with Gasteiger partial charge < -0.3 is 10.5 Å². The maximum absolute atomic E-state index is 13.2. The number of benzene rings is 1. The molecule has 0 aromatic heterocycles. The molecule has 1 aromatic carbocycles. The van der Waals surface area contributed by atoms with Crippen LogP contribution < -0.4 is 5.73 Å². The highest BCUT2D eigenvalue weighted by atomic mass is 19.1. The molecule has 0 atom stereocenters. The zero-order chi connectivity index (χ0) is 12.9. The predicted molar refractivity (Wildman–Crippen MR) is 68.0 cm³/mol. The van der Waals surface area contributed by atoms with Gasteiger partial charge >= 0.3 is 0 Å². The summed E-state index contributed by atoms with van der Waals surface area (Å²) in [5.74, 6) is -0.248. The molecule has 0 bridgehead atoms. The number of ether oxygens (including phenoxy) is 1. The first-order chi connectivity index (χ1) is 7.90. The molecule has 3 heteroatoms. The van der Waals surface area contributed by atoms with Crippen molar-refractivity contribution in [3.63, 3.8) is 0 Å². The highest BCUT2D eigenvalue weighted by Gasteiger charge is 2.09. The molecule has 0 aliphatic carbocycles. The number of halogens is 1. The molecular formula is C14H22FNO. The van der Waals surface area contributed by atoms with E-state index in [0.29, 0.717) is 19.8 Å². The predicted octanol–water partition coefficient (Wildman–Crippen LogP) is 3.24. The third-order valence-corrected chi connectivity index (χ3v) is 2.52. The smallest absolute Gasteiger partial charge is 0.123 e. The van der Waals surface area contributed by atoms with E-state index >= 15 is 0 Å². The molecule has 0 amide bonds. The van der Waals surface area contributed by atoms with Crippen LogP contribution in [-0.4, -0.2) is 6.61 Å². The van der Waals surface area contributed by atoms with Gasteiger partial charge in [0.25, 0.3) is 0 Å². The molecule has 0 saturated carbocycles. The molecule has 0 saturated heterocycles. The fraction of sp³-hybridized carbons (Fsp3) is 0.571. The third-order valence-electron chi connectivity index (χ3n) is 2.52. The second-order valence-corrected chi connectivity index (χ2v) is 5.54. The van der Waals surface area contributed by atoms with Crippen molar-refractivity contribution in [3.8, 4) is 0 Å². The summed E-state index contributed by atoms with van der Waals surface area (Å²) < 4.78 is 18.7. The van der Waals surface area contributed by atoms with Gasteiger partial charge in [0.2, 0.25) is 0 Å². The Balaban J connectivity index is 2.44. The largest absolute Gasteiger partial charge is 0.377 e. The minimum absolute atomic E-state index is 0.248. The van der Waals surface area contributed by atoms with E-state index < -0.39 is 0 Å². The molecule has 0 spiro atoms. The molecule has 96 valence electrons. The van der Waals surface area contributed by atoms with Gasteiger partial charge in [-0.15, -0.1) is 0 Å². The monoisotopic (exact) mass is 239 g/mol. The van der Waals surface area contributed by atoms with Crippen LogP contribution in [0, 0.1) is 11.2 Å². The summed E-state index contributed by atoms with van der Waals surface area (Å²) in [6.45, 7) is 8.01. The quantitative estimate of drug-likeness (QED) is 0.801. The van der Waals surface area contributed by atoms with Gasteiger partial charge in [-0.3, -0.25) is 0 Å². The maximum atomic E-state index is 13.2. The molecular weight excluding hydrogens is 217 g/mol. The zero-order valence-corrected chi connectivity index (χ0v) is 10.9. The van der Waals surface area contributed by atoms with E-state index in [1.807, 2.05) is 6.07 Å². The molecule has 0 aliphatic rings. The number of hydrogen-bond acceptors (Lipinski definition) is 2. The molecule has 2 N–H and O–H groups in total.